The molecule has 4 heteroatoms. The first-order chi connectivity index (χ1) is 9.00. The number of carbonyl (C=O) groups excluding carboxylic acids is 1. The number of aldehydes is 1. The Kier molecular flexibility index (Phi) is 3.69. The minimum Gasteiger partial charge on any atom is -0.303 e. The summed E-state index contributed by atoms with van der Waals surface area (Å²) in [6.07, 6.45) is -3.32. The smallest absolute Gasteiger partial charge is 0.303 e. The molecule has 2 aromatic carbocycles. The van der Waals surface area contributed by atoms with Gasteiger partial charge in [-0.2, -0.15) is 13.2 Å². The number of halogens is 3. The van der Waals surface area contributed by atoms with Crippen LogP contribution in [0.15, 0.2) is 48.5 Å². The van der Waals surface area contributed by atoms with E-state index in [2.05, 4.69) is 0 Å². The number of rotatable bonds is 3. The number of hydrogen-bond donors (Lipinski definition) is 0. The monoisotopic (exact) mass is 264 g/mol. The van der Waals surface area contributed by atoms with E-state index in [1.165, 1.54) is 6.07 Å². The summed E-state index contributed by atoms with van der Waals surface area (Å²) in [7, 11) is 0. The second kappa shape index (κ2) is 5.26. The lowest BCUT2D eigenvalue weighted by atomic mass is 10.00. The van der Waals surface area contributed by atoms with Gasteiger partial charge in [0.15, 0.2) is 0 Å². The Morgan fingerprint density at radius 1 is 0.947 bits per heavy atom. The van der Waals surface area contributed by atoms with Gasteiger partial charge in [0.05, 0.1) is 5.56 Å². The lowest BCUT2D eigenvalue weighted by Crippen LogP contribution is -2.04. The minimum atomic E-state index is -4.35. The van der Waals surface area contributed by atoms with E-state index in [0.29, 0.717) is 11.1 Å². The predicted molar refractivity (Wildman–Crippen MR) is 66.6 cm³/mol. The third kappa shape index (κ3) is 3.22. The predicted octanol–water partition coefficient (Wildman–Crippen LogP) is 4.11. The summed E-state index contributed by atoms with van der Waals surface area (Å²) in [6, 6.07) is 12.1. The van der Waals surface area contributed by atoms with Gasteiger partial charge in [0.25, 0.3) is 0 Å². The van der Waals surface area contributed by atoms with Crippen molar-refractivity contribution in [3.8, 4) is 11.1 Å². The summed E-state index contributed by atoms with van der Waals surface area (Å²) >= 11 is 0. The van der Waals surface area contributed by atoms with Gasteiger partial charge in [-0.15, -0.1) is 0 Å². The van der Waals surface area contributed by atoms with Crippen molar-refractivity contribution in [3.05, 3.63) is 59.7 Å². The van der Waals surface area contributed by atoms with E-state index in [4.69, 9.17) is 0 Å². The quantitative estimate of drug-likeness (QED) is 0.762. The Labute approximate surface area is 108 Å². The molecule has 2 rings (SSSR count). The highest BCUT2D eigenvalue weighted by Gasteiger charge is 2.30. The number of carbonyl (C=O) groups is 1. The van der Waals surface area contributed by atoms with Crippen LogP contribution in [-0.4, -0.2) is 6.29 Å². The fourth-order valence-electron chi connectivity index (χ4n) is 1.85. The highest BCUT2D eigenvalue weighted by atomic mass is 19.4. The summed E-state index contributed by atoms with van der Waals surface area (Å²) in [5, 5.41) is 0. The van der Waals surface area contributed by atoms with Gasteiger partial charge >= 0.3 is 6.18 Å². The second-order valence-corrected chi connectivity index (χ2v) is 4.15. The SMILES string of the molecule is O=CCc1cccc(-c2cccc(C(F)(F)F)c2)c1. The maximum atomic E-state index is 12.6. The van der Waals surface area contributed by atoms with E-state index in [0.717, 1.165) is 24.0 Å². The Bertz CT molecular complexity index is 588. The average Bonchev–Trinajstić information content (AvgIpc) is 2.39. The molecule has 0 aliphatic rings. The molecular weight excluding hydrogens is 253 g/mol. The molecule has 0 aromatic heterocycles. The Morgan fingerprint density at radius 2 is 1.58 bits per heavy atom. The van der Waals surface area contributed by atoms with Crippen LogP contribution in [0.25, 0.3) is 11.1 Å². The summed E-state index contributed by atoms with van der Waals surface area (Å²) in [5.74, 6) is 0. The molecule has 1 nitrogen and oxygen atoms in total. The van der Waals surface area contributed by atoms with Crippen LogP contribution in [0.4, 0.5) is 13.2 Å². The first-order valence-corrected chi connectivity index (χ1v) is 5.71. The zero-order valence-electron chi connectivity index (χ0n) is 9.95. The van der Waals surface area contributed by atoms with Gasteiger partial charge in [0, 0.05) is 6.42 Å². The molecule has 0 atom stereocenters. The van der Waals surface area contributed by atoms with Crippen LogP contribution in [0, 0.1) is 0 Å². The maximum absolute atomic E-state index is 12.6. The van der Waals surface area contributed by atoms with Gasteiger partial charge in [-0.25, -0.2) is 0 Å². The molecule has 0 heterocycles. The summed E-state index contributed by atoms with van der Waals surface area (Å²) in [4.78, 5) is 10.5. The van der Waals surface area contributed by atoms with Crippen LogP contribution < -0.4 is 0 Å². The molecule has 2 aromatic rings. The fourth-order valence-corrected chi connectivity index (χ4v) is 1.85. The molecule has 0 radical (unpaired) electrons. The molecule has 0 spiro atoms. The molecule has 98 valence electrons. The number of benzene rings is 2. The number of hydrogen-bond acceptors (Lipinski definition) is 1. The van der Waals surface area contributed by atoms with Crippen molar-refractivity contribution in [2.24, 2.45) is 0 Å². The van der Waals surface area contributed by atoms with Gasteiger partial charge in [0.2, 0.25) is 0 Å². The van der Waals surface area contributed by atoms with E-state index in [1.54, 1.807) is 30.3 Å². The molecule has 0 amide bonds. The highest BCUT2D eigenvalue weighted by molar-refractivity contribution is 5.66. The molecule has 0 bridgehead atoms. The van der Waals surface area contributed by atoms with Crippen LogP contribution in [0.1, 0.15) is 11.1 Å². The fraction of sp³-hybridized carbons (Fsp3) is 0.133. The van der Waals surface area contributed by atoms with Crippen LogP contribution in [0.2, 0.25) is 0 Å². The molecule has 0 aliphatic heterocycles. The number of alkyl halides is 3. The summed E-state index contributed by atoms with van der Waals surface area (Å²) in [5.41, 5.74) is 1.27. The summed E-state index contributed by atoms with van der Waals surface area (Å²) < 4.78 is 37.9. The van der Waals surface area contributed by atoms with Crippen molar-refractivity contribution in [1.82, 2.24) is 0 Å². The lowest BCUT2D eigenvalue weighted by molar-refractivity contribution is -0.137. The standard InChI is InChI=1S/C15H11F3O/c16-15(17,18)14-6-2-5-13(10-14)12-4-1-3-11(9-12)7-8-19/h1-6,8-10H,7H2. The van der Waals surface area contributed by atoms with E-state index in [1.807, 2.05) is 0 Å². The average molecular weight is 264 g/mol. The topological polar surface area (TPSA) is 17.1 Å². The first kappa shape index (κ1) is 13.3. The van der Waals surface area contributed by atoms with Gasteiger partial charge in [0.1, 0.15) is 6.29 Å². The molecule has 0 aliphatic carbocycles. The second-order valence-electron chi connectivity index (χ2n) is 4.15. The third-order valence-electron chi connectivity index (χ3n) is 2.77. The van der Waals surface area contributed by atoms with Crippen LogP contribution in [0.5, 0.6) is 0 Å². The van der Waals surface area contributed by atoms with Crippen molar-refractivity contribution in [2.45, 2.75) is 12.6 Å². The Morgan fingerprint density at radius 3 is 2.21 bits per heavy atom. The van der Waals surface area contributed by atoms with E-state index >= 15 is 0 Å². The van der Waals surface area contributed by atoms with Crippen molar-refractivity contribution in [1.29, 1.82) is 0 Å². The van der Waals surface area contributed by atoms with E-state index < -0.39 is 11.7 Å². The lowest BCUT2D eigenvalue weighted by Gasteiger charge is -2.09. The van der Waals surface area contributed by atoms with E-state index in [-0.39, 0.29) is 6.42 Å². The van der Waals surface area contributed by atoms with Crippen LogP contribution >= 0.6 is 0 Å². The van der Waals surface area contributed by atoms with Gasteiger partial charge in [-0.3, -0.25) is 0 Å². The Hall–Kier alpha value is -2.10. The zero-order chi connectivity index (χ0) is 13.9. The Balaban J connectivity index is 2.41. The van der Waals surface area contributed by atoms with Gasteiger partial charge in [-0.05, 0) is 28.8 Å². The first-order valence-electron chi connectivity index (χ1n) is 5.71. The van der Waals surface area contributed by atoms with Gasteiger partial charge in [-0.1, -0.05) is 36.4 Å². The molecule has 0 unspecified atom stereocenters. The zero-order valence-corrected chi connectivity index (χ0v) is 9.95. The molecular formula is C15H11F3O. The highest BCUT2D eigenvalue weighted by Crippen LogP contribution is 2.32. The molecule has 0 N–H and O–H groups in total. The maximum Gasteiger partial charge on any atom is 0.416 e. The molecule has 0 fully saturated rings. The largest absolute Gasteiger partial charge is 0.416 e. The molecule has 0 saturated carbocycles. The normalized spacial score (nSPS) is 11.3. The van der Waals surface area contributed by atoms with E-state index in [9.17, 15) is 18.0 Å². The van der Waals surface area contributed by atoms with Crippen molar-refractivity contribution >= 4 is 6.29 Å². The van der Waals surface area contributed by atoms with Gasteiger partial charge < -0.3 is 4.79 Å². The third-order valence-corrected chi connectivity index (χ3v) is 2.77. The van der Waals surface area contributed by atoms with Crippen molar-refractivity contribution in [2.75, 3.05) is 0 Å². The minimum absolute atomic E-state index is 0.257. The van der Waals surface area contributed by atoms with Crippen LogP contribution in [0.3, 0.4) is 0 Å². The van der Waals surface area contributed by atoms with Crippen molar-refractivity contribution < 1.29 is 18.0 Å². The molecule has 0 saturated heterocycles. The molecule has 19 heavy (non-hydrogen) atoms. The van der Waals surface area contributed by atoms with Crippen molar-refractivity contribution in [3.63, 3.8) is 0 Å². The van der Waals surface area contributed by atoms with Crippen LogP contribution in [-0.2, 0) is 17.4 Å². The summed E-state index contributed by atoms with van der Waals surface area (Å²) in [6.45, 7) is 0.